The first-order valence-electron chi connectivity index (χ1n) is 4.34. The van der Waals surface area contributed by atoms with E-state index in [4.69, 9.17) is 0 Å². The number of aromatic nitrogens is 1. The molecule has 2 aromatic heterocycles. The average molecular weight is 413 g/mol. The molecule has 0 unspecified atom stereocenters. The Morgan fingerprint density at radius 3 is 2.67 bits per heavy atom. The summed E-state index contributed by atoms with van der Waals surface area (Å²) in [6.45, 7) is 0. The average Bonchev–Trinajstić information content (AvgIpc) is 2.85. The molecule has 2 rings (SSSR count). The molecular weight excluding hydrogens is 410 g/mol. The van der Waals surface area contributed by atoms with Gasteiger partial charge in [0.15, 0.2) is 5.13 Å². The second kappa shape index (κ2) is 5.43. The van der Waals surface area contributed by atoms with Crippen LogP contribution in [0.1, 0.15) is 10.4 Å². The quantitative estimate of drug-likeness (QED) is 0.612. The Balaban J connectivity index is 2.16. The molecule has 0 atom stereocenters. The van der Waals surface area contributed by atoms with E-state index in [1.807, 2.05) is 0 Å². The van der Waals surface area contributed by atoms with E-state index in [1.165, 1.54) is 11.3 Å². The molecule has 94 valence electrons. The van der Waals surface area contributed by atoms with E-state index in [-0.39, 0.29) is 16.0 Å². The molecule has 2 heterocycles. The maximum Gasteiger partial charge on any atom is 0.345 e. The summed E-state index contributed by atoms with van der Waals surface area (Å²) in [7, 11) is 0. The fraction of sp³-hybridized carbons (Fsp3) is 0. The fourth-order valence-electron chi connectivity index (χ4n) is 1.07. The smallest absolute Gasteiger partial charge is 0.298 e. The van der Waals surface area contributed by atoms with E-state index in [2.05, 4.69) is 42.2 Å². The van der Waals surface area contributed by atoms with Gasteiger partial charge in [0.25, 0.3) is 5.91 Å². The predicted octanol–water partition coefficient (Wildman–Crippen LogP) is 3.89. The monoisotopic (exact) mass is 411 g/mol. The largest absolute Gasteiger partial charge is 0.345 e. The number of amides is 1. The molecule has 10 heteroatoms. The van der Waals surface area contributed by atoms with Crippen LogP contribution in [0.25, 0.3) is 0 Å². The van der Waals surface area contributed by atoms with Gasteiger partial charge in [0.2, 0.25) is 0 Å². The minimum atomic E-state index is -0.551. The lowest BCUT2D eigenvalue weighted by atomic mass is 10.3. The van der Waals surface area contributed by atoms with E-state index >= 15 is 0 Å². The van der Waals surface area contributed by atoms with Crippen molar-refractivity contribution in [1.82, 2.24) is 4.98 Å². The predicted molar refractivity (Wildman–Crippen MR) is 76.4 cm³/mol. The standard InChI is InChI=1S/C8H3Br2N3O3S2/c9-4-1-3(6(10)17-4)7(14)12-8-11-2-5(18-8)13(15)16/h1-2H,(H,11,12,14). The molecule has 0 radical (unpaired) electrons. The first kappa shape index (κ1) is 13.6. The van der Waals surface area contributed by atoms with Crippen molar-refractivity contribution in [2.45, 2.75) is 0 Å². The number of carbonyl (C=O) groups is 1. The van der Waals surface area contributed by atoms with Crippen LogP contribution in [0.2, 0.25) is 0 Å². The second-order valence-electron chi connectivity index (χ2n) is 2.95. The van der Waals surface area contributed by atoms with Crippen LogP contribution in [0.5, 0.6) is 0 Å². The Morgan fingerprint density at radius 2 is 2.17 bits per heavy atom. The summed E-state index contributed by atoms with van der Waals surface area (Å²) in [5.74, 6) is -0.368. The van der Waals surface area contributed by atoms with Gasteiger partial charge in [0, 0.05) is 0 Å². The van der Waals surface area contributed by atoms with Crippen molar-refractivity contribution in [2.24, 2.45) is 0 Å². The molecule has 0 fully saturated rings. The zero-order valence-electron chi connectivity index (χ0n) is 8.35. The normalized spacial score (nSPS) is 10.3. The number of rotatable bonds is 3. The third-order valence-corrected chi connectivity index (χ3v) is 5.00. The minimum Gasteiger partial charge on any atom is -0.298 e. The summed E-state index contributed by atoms with van der Waals surface area (Å²) in [6.07, 6.45) is 1.11. The molecule has 0 spiro atoms. The van der Waals surface area contributed by atoms with Crippen molar-refractivity contribution in [3.8, 4) is 0 Å². The Morgan fingerprint density at radius 1 is 1.44 bits per heavy atom. The molecule has 0 aliphatic carbocycles. The number of nitrogens with one attached hydrogen (secondary N) is 1. The Bertz CT molecular complexity index is 625. The lowest BCUT2D eigenvalue weighted by Crippen LogP contribution is -2.10. The van der Waals surface area contributed by atoms with Crippen molar-refractivity contribution >= 4 is 70.6 Å². The SMILES string of the molecule is O=C(Nc1ncc([N+](=O)[O-])s1)c1cc(Br)sc1Br. The van der Waals surface area contributed by atoms with Gasteiger partial charge < -0.3 is 0 Å². The maximum absolute atomic E-state index is 11.9. The van der Waals surface area contributed by atoms with Gasteiger partial charge >= 0.3 is 5.00 Å². The summed E-state index contributed by atoms with van der Waals surface area (Å²) >= 11 is 8.70. The third-order valence-electron chi connectivity index (χ3n) is 1.80. The van der Waals surface area contributed by atoms with Crippen molar-refractivity contribution < 1.29 is 9.72 Å². The van der Waals surface area contributed by atoms with Crippen LogP contribution in [-0.2, 0) is 0 Å². The Labute approximate surface area is 125 Å². The number of halogens is 2. The summed E-state index contributed by atoms with van der Waals surface area (Å²) in [4.78, 5) is 25.6. The van der Waals surface area contributed by atoms with Crippen LogP contribution in [0.15, 0.2) is 19.8 Å². The van der Waals surface area contributed by atoms with Gasteiger partial charge in [-0.25, -0.2) is 4.98 Å². The van der Waals surface area contributed by atoms with E-state index in [0.717, 1.165) is 21.3 Å². The zero-order valence-corrected chi connectivity index (χ0v) is 13.2. The van der Waals surface area contributed by atoms with Crippen molar-refractivity contribution in [1.29, 1.82) is 0 Å². The highest BCUT2D eigenvalue weighted by Gasteiger charge is 2.17. The first-order chi connectivity index (χ1) is 8.47. The van der Waals surface area contributed by atoms with Gasteiger partial charge in [-0.05, 0) is 49.3 Å². The Kier molecular flexibility index (Phi) is 4.10. The maximum atomic E-state index is 11.9. The van der Waals surface area contributed by atoms with E-state index in [0.29, 0.717) is 9.35 Å². The van der Waals surface area contributed by atoms with Crippen LogP contribution >= 0.6 is 54.5 Å². The van der Waals surface area contributed by atoms with E-state index in [1.54, 1.807) is 6.07 Å². The molecule has 1 amide bonds. The minimum absolute atomic E-state index is 0.115. The van der Waals surface area contributed by atoms with Crippen LogP contribution in [0.3, 0.4) is 0 Å². The molecule has 0 saturated heterocycles. The number of carbonyl (C=O) groups excluding carboxylic acids is 1. The summed E-state index contributed by atoms with van der Waals surface area (Å²) < 4.78 is 1.49. The van der Waals surface area contributed by atoms with E-state index < -0.39 is 4.92 Å². The Hall–Kier alpha value is -0.840. The molecule has 2 aromatic rings. The van der Waals surface area contributed by atoms with Crippen molar-refractivity contribution in [3.05, 3.63) is 35.5 Å². The highest BCUT2D eigenvalue weighted by atomic mass is 79.9. The van der Waals surface area contributed by atoms with Gasteiger partial charge in [-0.1, -0.05) is 0 Å². The van der Waals surface area contributed by atoms with Crippen LogP contribution < -0.4 is 5.32 Å². The number of nitrogens with zero attached hydrogens (tertiary/aromatic N) is 2. The number of nitro groups is 1. The summed E-state index contributed by atoms with van der Waals surface area (Å²) in [5, 5.41) is 13.1. The molecule has 0 saturated carbocycles. The van der Waals surface area contributed by atoms with Crippen LogP contribution in [0, 0.1) is 10.1 Å². The van der Waals surface area contributed by atoms with Gasteiger partial charge in [-0.15, -0.1) is 11.3 Å². The topological polar surface area (TPSA) is 85.1 Å². The van der Waals surface area contributed by atoms with E-state index in [9.17, 15) is 14.9 Å². The van der Waals surface area contributed by atoms with Gasteiger partial charge in [0.05, 0.1) is 18.1 Å². The fourth-order valence-corrected chi connectivity index (χ4v) is 4.49. The van der Waals surface area contributed by atoms with Gasteiger partial charge in [0.1, 0.15) is 6.20 Å². The molecule has 0 aromatic carbocycles. The molecule has 18 heavy (non-hydrogen) atoms. The third kappa shape index (κ3) is 2.94. The van der Waals surface area contributed by atoms with Crippen molar-refractivity contribution in [3.63, 3.8) is 0 Å². The summed E-state index contributed by atoms with van der Waals surface area (Å²) in [6, 6.07) is 1.66. The molecule has 1 N–H and O–H groups in total. The lowest BCUT2D eigenvalue weighted by Gasteiger charge is -1.98. The van der Waals surface area contributed by atoms with Gasteiger partial charge in [-0.3, -0.25) is 20.2 Å². The second-order valence-corrected chi connectivity index (χ2v) is 7.71. The molecule has 0 aliphatic heterocycles. The number of anilines is 1. The van der Waals surface area contributed by atoms with Crippen LogP contribution in [-0.4, -0.2) is 15.8 Å². The van der Waals surface area contributed by atoms with Crippen molar-refractivity contribution in [2.75, 3.05) is 5.32 Å². The molecular formula is C8H3Br2N3O3S2. The van der Waals surface area contributed by atoms with Gasteiger partial charge in [-0.2, -0.15) is 0 Å². The highest BCUT2D eigenvalue weighted by Crippen LogP contribution is 2.33. The molecule has 6 nitrogen and oxygen atoms in total. The zero-order chi connectivity index (χ0) is 13.3. The number of thiophene rings is 1. The molecule has 0 aliphatic rings. The summed E-state index contributed by atoms with van der Waals surface area (Å²) in [5.41, 5.74) is 0.449. The lowest BCUT2D eigenvalue weighted by molar-refractivity contribution is -0.380. The number of thiazole rings is 1. The molecule has 0 bridgehead atoms. The first-order valence-corrected chi connectivity index (χ1v) is 7.55. The number of hydrogen-bond donors (Lipinski definition) is 1. The van der Waals surface area contributed by atoms with Crippen LogP contribution in [0.4, 0.5) is 10.1 Å². The highest BCUT2D eigenvalue weighted by molar-refractivity contribution is 9.12. The number of hydrogen-bond acceptors (Lipinski definition) is 6.